The average molecular weight is 296 g/mol. The first-order valence-electron chi connectivity index (χ1n) is 7.46. The fourth-order valence-electron chi connectivity index (χ4n) is 2.59. The molecule has 1 amide bonds. The van der Waals surface area contributed by atoms with Crippen molar-refractivity contribution in [1.29, 1.82) is 0 Å². The Morgan fingerprint density at radius 1 is 1.18 bits per heavy atom. The number of carbonyl (C=O) groups is 1. The minimum atomic E-state index is 0.0264. The van der Waals surface area contributed by atoms with Crippen LogP contribution in [0, 0.1) is 13.8 Å². The molecule has 5 heteroatoms. The summed E-state index contributed by atoms with van der Waals surface area (Å²) in [6.45, 7) is 4.96. The molecule has 0 atom stereocenters. The third-order valence-electron chi connectivity index (χ3n) is 3.84. The van der Waals surface area contributed by atoms with Gasteiger partial charge in [-0.1, -0.05) is 12.1 Å². The molecule has 0 unspecified atom stereocenters. The van der Waals surface area contributed by atoms with Crippen molar-refractivity contribution >= 4 is 16.9 Å². The Kier molecular flexibility index (Phi) is 3.96. The van der Waals surface area contributed by atoms with Crippen molar-refractivity contribution in [2.24, 2.45) is 0 Å². The smallest absolute Gasteiger partial charge is 0.239 e. The topological polar surface area (TPSA) is 62.7 Å². The highest BCUT2D eigenvalue weighted by atomic mass is 16.1. The van der Waals surface area contributed by atoms with Crippen LogP contribution in [0.4, 0.5) is 0 Å². The molecule has 114 valence electrons. The minimum absolute atomic E-state index is 0.0264. The van der Waals surface area contributed by atoms with Gasteiger partial charge >= 0.3 is 0 Å². The Morgan fingerprint density at radius 3 is 2.64 bits per heavy atom. The number of nitrogens with zero attached hydrogens (tertiary/aromatic N) is 2. The summed E-state index contributed by atoms with van der Waals surface area (Å²) in [7, 11) is 0. The molecule has 22 heavy (non-hydrogen) atoms. The molecule has 0 aliphatic rings. The Labute approximate surface area is 129 Å². The van der Waals surface area contributed by atoms with Gasteiger partial charge in [-0.15, -0.1) is 0 Å². The molecule has 2 heterocycles. The van der Waals surface area contributed by atoms with Gasteiger partial charge in [-0.2, -0.15) is 0 Å². The van der Waals surface area contributed by atoms with Crippen LogP contribution in [-0.2, 0) is 17.8 Å². The van der Waals surface area contributed by atoms with Gasteiger partial charge in [-0.3, -0.25) is 4.79 Å². The molecule has 3 aromatic rings. The number of rotatable bonds is 5. The Hall–Kier alpha value is -2.56. The number of amides is 1. The maximum Gasteiger partial charge on any atom is 0.239 e. The van der Waals surface area contributed by atoms with E-state index >= 15 is 0 Å². The summed E-state index contributed by atoms with van der Waals surface area (Å²) in [6.07, 6.45) is 0.698. The molecule has 1 aromatic carbocycles. The molecule has 2 N–H and O–H groups in total. The van der Waals surface area contributed by atoms with Crippen LogP contribution in [0.5, 0.6) is 0 Å². The lowest BCUT2D eigenvalue weighted by Crippen LogP contribution is -2.30. The number of aromatic nitrogens is 3. The molecule has 0 aliphatic heterocycles. The lowest BCUT2D eigenvalue weighted by atomic mass is 10.3. The standard InChI is InChI=1S/C17H20N4O/c1-12-7-8-13(2)21(12)11-17(22)18-10-9-16-19-14-5-3-4-6-15(14)20-16/h3-8H,9-11H2,1-2H3,(H,18,22)(H,19,20). The summed E-state index contributed by atoms with van der Waals surface area (Å²) in [5.74, 6) is 0.924. The van der Waals surface area contributed by atoms with Crippen LogP contribution in [0.2, 0.25) is 0 Å². The summed E-state index contributed by atoms with van der Waals surface area (Å²) >= 11 is 0. The highest BCUT2D eigenvalue weighted by Crippen LogP contribution is 2.10. The summed E-state index contributed by atoms with van der Waals surface area (Å²) in [5, 5.41) is 2.95. The zero-order valence-electron chi connectivity index (χ0n) is 12.9. The van der Waals surface area contributed by atoms with E-state index < -0.39 is 0 Å². The van der Waals surface area contributed by atoms with E-state index in [4.69, 9.17) is 0 Å². The lowest BCUT2D eigenvalue weighted by Gasteiger charge is -2.09. The zero-order valence-corrected chi connectivity index (χ0v) is 12.9. The number of hydrogen-bond acceptors (Lipinski definition) is 2. The molecular weight excluding hydrogens is 276 g/mol. The minimum Gasteiger partial charge on any atom is -0.354 e. The van der Waals surface area contributed by atoms with Crippen LogP contribution in [0.25, 0.3) is 11.0 Å². The van der Waals surface area contributed by atoms with Crippen molar-refractivity contribution in [3.05, 3.63) is 53.6 Å². The number of aryl methyl sites for hydroxylation is 2. The number of H-pyrrole nitrogens is 1. The Balaban J connectivity index is 1.53. The van der Waals surface area contributed by atoms with E-state index in [1.807, 2.05) is 54.8 Å². The maximum atomic E-state index is 12.0. The molecule has 0 aliphatic carbocycles. The zero-order chi connectivity index (χ0) is 15.5. The van der Waals surface area contributed by atoms with Gasteiger partial charge in [0.2, 0.25) is 5.91 Å². The molecule has 3 rings (SSSR count). The Bertz CT molecular complexity index is 747. The monoisotopic (exact) mass is 296 g/mol. The van der Waals surface area contributed by atoms with Gasteiger partial charge in [0.15, 0.2) is 0 Å². The second-order valence-electron chi connectivity index (χ2n) is 5.50. The molecule has 0 saturated heterocycles. The number of benzene rings is 1. The summed E-state index contributed by atoms with van der Waals surface area (Å²) < 4.78 is 2.01. The molecule has 0 saturated carbocycles. The van der Waals surface area contributed by atoms with Crippen molar-refractivity contribution in [2.45, 2.75) is 26.8 Å². The first-order chi connectivity index (χ1) is 10.6. The molecule has 0 fully saturated rings. The first-order valence-corrected chi connectivity index (χ1v) is 7.46. The number of nitrogens with one attached hydrogen (secondary N) is 2. The van der Waals surface area contributed by atoms with Gasteiger partial charge < -0.3 is 14.9 Å². The number of para-hydroxylation sites is 2. The maximum absolute atomic E-state index is 12.0. The van der Waals surface area contributed by atoms with E-state index in [0.717, 1.165) is 28.2 Å². The van der Waals surface area contributed by atoms with Gasteiger partial charge in [0.1, 0.15) is 12.4 Å². The van der Waals surface area contributed by atoms with Crippen LogP contribution in [0.3, 0.4) is 0 Å². The summed E-state index contributed by atoms with van der Waals surface area (Å²) in [4.78, 5) is 19.8. The van der Waals surface area contributed by atoms with Crippen LogP contribution in [-0.4, -0.2) is 27.0 Å². The molecule has 2 aromatic heterocycles. The van der Waals surface area contributed by atoms with Crippen molar-refractivity contribution in [3.8, 4) is 0 Å². The summed E-state index contributed by atoms with van der Waals surface area (Å²) in [5.41, 5.74) is 4.19. The predicted molar refractivity (Wildman–Crippen MR) is 86.7 cm³/mol. The lowest BCUT2D eigenvalue weighted by molar-refractivity contribution is -0.121. The molecule has 0 spiro atoms. The fraction of sp³-hybridized carbons (Fsp3) is 0.294. The van der Waals surface area contributed by atoms with Gasteiger partial charge in [-0.05, 0) is 38.1 Å². The molecule has 0 radical (unpaired) electrons. The fourth-order valence-corrected chi connectivity index (χ4v) is 2.59. The largest absolute Gasteiger partial charge is 0.354 e. The van der Waals surface area contributed by atoms with Crippen molar-refractivity contribution < 1.29 is 4.79 Å². The van der Waals surface area contributed by atoms with Crippen LogP contribution in [0.1, 0.15) is 17.2 Å². The number of imidazole rings is 1. The number of carbonyl (C=O) groups excluding carboxylic acids is 1. The van der Waals surface area contributed by atoms with E-state index in [0.29, 0.717) is 19.5 Å². The van der Waals surface area contributed by atoms with E-state index in [1.54, 1.807) is 0 Å². The molecule has 0 bridgehead atoms. The summed E-state index contributed by atoms with van der Waals surface area (Å²) in [6, 6.07) is 12.0. The number of fused-ring (bicyclic) bond motifs is 1. The van der Waals surface area contributed by atoms with Crippen molar-refractivity contribution in [2.75, 3.05) is 6.54 Å². The second-order valence-corrected chi connectivity index (χ2v) is 5.50. The van der Waals surface area contributed by atoms with Crippen molar-refractivity contribution in [3.63, 3.8) is 0 Å². The van der Waals surface area contributed by atoms with E-state index in [2.05, 4.69) is 15.3 Å². The highest BCUT2D eigenvalue weighted by Gasteiger charge is 2.07. The van der Waals surface area contributed by atoms with Gasteiger partial charge in [0, 0.05) is 24.4 Å². The van der Waals surface area contributed by atoms with Crippen LogP contribution < -0.4 is 5.32 Å². The predicted octanol–water partition coefficient (Wildman–Crippen LogP) is 2.34. The van der Waals surface area contributed by atoms with E-state index in [1.165, 1.54) is 0 Å². The quantitative estimate of drug-likeness (QED) is 0.759. The van der Waals surface area contributed by atoms with Crippen LogP contribution >= 0.6 is 0 Å². The second kappa shape index (κ2) is 6.05. The molecule has 5 nitrogen and oxygen atoms in total. The molecular formula is C17H20N4O. The van der Waals surface area contributed by atoms with E-state index in [-0.39, 0.29) is 5.91 Å². The van der Waals surface area contributed by atoms with Gasteiger partial charge in [0.05, 0.1) is 11.0 Å². The first kappa shape index (κ1) is 14.4. The highest BCUT2D eigenvalue weighted by molar-refractivity contribution is 5.76. The third kappa shape index (κ3) is 3.03. The third-order valence-corrected chi connectivity index (χ3v) is 3.84. The van der Waals surface area contributed by atoms with Crippen molar-refractivity contribution in [1.82, 2.24) is 19.9 Å². The number of aromatic amines is 1. The SMILES string of the molecule is Cc1ccc(C)n1CC(=O)NCCc1nc2ccccc2[nH]1. The van der Waals surface area contributed by atoms with Crippen LogP contribution in [0.15, 0.2) is 36.4 Å². The average Bonchev–Trinajstić information content (AvgIpc) is 3.05. The van der Waals surface area contributed by atoms with E-state index in [9.17, 15) is 4.79 Å². The number of hydrogen-bond donors (Lipinski definition) is 2. The van der Waals surface area contributed by atoms with Gasteiger partial charge in [-0.25, -0.2) is 4.98 Å². The normalized spacial score (nSPS) is 11.0. The van der Waals surface area contributed by atoms with Gasteiger partial charge in [0.25, 0.3) is 0 Å². The Morgan fingerprint density at radius 2 is 1.91 bits per heavy atom.